The number of nitrogens with zero attached hydrogens (tertiary/aromatic N) is 1. The van der Waals surface area contributed by atoms with Crippen LogP contribution in [0.1, 0.15) is 24.6 Å². The molecule has 1 N–H and O–H groups in total. The molecule has 2 bridgehead atoms. The van der Waals surface area contributed by atoms with Gasteiger partial charge in [0.2, 0.25) is 11.8 Å². The highest BCUT2D eigenvalue weighted by Gasteiger charge is 2.66. The third-order valence-corrected chi connectivity index (χ3v) is 8.48. The molecule has 0 unspecified atom stereocenters. The van der Waals surface area contributed by atoms with Gasteiger partial charge >= 0.3 is 10.8 Å². The molecule has 0 aromatic carbocycles. The van der Waals surface area contributed by atoms with Crippen LogP contribution in [-0.2, 0) is 19.1 Å². The van der Waals surface area contributed by atoms with Crippen LogP contribution in [0.5, 0.6) is 0 Å². The Kier molecular flexibility index (Phi) is 3.87. The summed E-state index contributed by atoms with van der Waals surface area (Å²) < 4.78 is 4.91. The Morgan fingerprint density at radius 2 is 2.07 bits per heavy atom. The molecule has 1 aromatic rings. The maximum Gasteiger partial charge on any atom is 0.307 e. The molecule has 142 valence electrons. The summed E-state index contributed by atoms with van der Waals surface area (Å²) in [6, 6.07) is 0. The number of hydrogen-bond acceptors (Lipinski definition) is 7. The number of likely N-dealkylation sites (tertiary alicyclic amines) is 1. The van der Waals surface area contributed by atoms with Crippen molar-refractivity contribution in [2.45, 2.75) is 30.0 Å². The molecule has 27 heavy (non-hydrogen) atoms. The van der Waals surface area contributed by atoms with Crippen molar-refractivity contribution in [3.63, 3.8) is 0 Å². The molecule has 3 heterocycles. The fraction of sp³-hybridized carbons (Fsp3) is 0.556. The summed E-state index contributed by atoms with van der Waals surface area (Å²) in [5, 5.41) is 1.02. The molecule has 7 nitrogen and oxygen atoms in total. The van der Waals surface area contributed by atoms with Gasteiger partial charge in [0, 0.05) is 11.8 Å². The molecule has 1 aromatic heterocycles. The van der Waals surface area contributed by atoms with Crippen molar-refractivity contribution in [1.29, 1.82) is 0 Å². The molecular formula is C18H18N2O5S2. The Bertz CT molecular complexity index is 948. The van der Waals surface area contributed by atoms with Crippen LogP contribution in [0.15, 0.2) is 15.4 Å². The number of H-pyrrole nitrogens is 1. The van der Waals surface area contributed by atoms with Crippen LogP contribution in [0.2, 0.25) is 0 Å². The largest absolute Gasteiger partial charge is 0.466 e. The average molecular weight is 406 g/mol. The number of thioether (sulfide) groups is 1. The first-order valence-electron chi connectivity index (χ1n) is 9.11. The number of carbonyl (C=O) groups excluding carboxylic acids is 3. The lowest BCUT2D eigenvalue weighted by atomic mass is 9.77. The van der Waals surface area contributed by atoms with Gasteiger partial charge in [-0.1, -0.05) is 28.7 Å². The zero-order valence-corrected chi connectivity index (χ0v) is 16.2. The first kappa shape index (κ1) is 17.2. The number of aromatic amines is 1. The number of rotatable bonds is 4. The van der Waals surface area contributed by atoms with Gasteiger partial charge in [0.1, 0.15) is 0 Å². The molecule has 1 saturated heterocycles. The summed E-state index contributed by atoms with van der Waals surface area (Å²) in [5.41, 5.74) is 1.20. The fourth-order valence-corrected chi connectivity index (χ4v) is 7.58. The summed E-state index contributed by atoms with van der Waals surface area (Å²) >= 11 is 2.81. The van der Waals surface area contributed by atoms with Gasteiger partial charge in [-0.25, -0.2) is 0 Å². The molecule has 2 aliphatic carbocycles. The zero-order chi connectivity index (χ0) is 18.9. The van der Waals surface area contributed by atoms with Crippen molar-refractivity contribution in [2.24, 2.45) is 23.7 Å². The summed E-state index contributed by atoms with van der Waals surface area (Å²) in [7, 11) is 0. The second-order valence-corrected chi connectivity index (χ2v) is 9.50. The van der Waals surface area contributed by atoms with E-state index in [1.165, 1.54) is 21.8 Å². The normalized spacial score (nSPS) is 33.0. The number of esters is 1. The first-order chi connectivity index (χ1) is 13.0. The molecule has 2 saturated carbocycles. The summed E-state index contributed by atoms with van der Waals surface area (Å²) in [6.45, 7) is 2.11. The molecule has 3 fully saturated rings. The zero-order valence-electron chi connectivity index (χ0n) is 14.6. The van der Waals surface area contributed by atoms with E-state index in [-0.39, 0.29) is 65.2 Å². The molecule has 2 amide bonds. The smallest absolute Gasteiger partial charge is 0.307 e. The Balaban J connectivity index is 1.40. The lowest BCUT2D eigenvalue weighted by Crippen LogP contribution is -2.35. The highest BCUT2D eigenvalue weighted by Crippen LogP contribution is 2.64. The van der Waals surface area contributed by atoms with E-state index in [0.717, 1.165) is 16.3 Å². The van der Waals surface area contributed by atoms with Crippen LogP contribution < -0.4 is 4.87 Å². The Morgan fingerprint density at radius 1 is 1.30 bits per heavy atom. The number of thiazole rings is 1. The molecule has 2 aliphatic heterocycles. The monoisotopic (exact) mass is 406 g/mol. The number of hydrogen-bond donors (Lipinski definition) is 1. The Labute approximate surface area is 163 Å². The Hall–Kier alpha value is -1.87. The van der Waals surface area contributed by atoms with E-state index in [2.05, 4.69) is 11.1 Å². The number of aromatic nitrogens is 1. The molecule has 4 aliphatic rings. The third kappa shape index (κ3) is 2.40. The molecular weight excluding hydrogens is 388 g/mol. The maximum atomic E-state index is 13.0. The van der Waals surface area contributed by atoms with Crippen LogP contribution in [0, 0.1) is 23.7 Å². The van der Waals surface area contributed by atoms with Crippen molar-refractivity contribution >= 4 is 47.0 Å². The van der Waals surface area contributed by atoms with Crippen LogP contribution >= 0.6 is 23.1 Å². The standard InChI is InChI=1S/C18H18N2O5S2/c1-2-25-11(21)3-4-20-16(22)12-7-5-9(13(12)17(20)23)14-8(7)6-10-15(27-14)19-18(24)26-10/h6-7,9,12-14H,2-5H2,1H3,(H,19,24)/t7-,9+,12+,13-,14+/m0/s1. The summed E-state index contributed by atoms with van der Waals surface area (Å²) in [5.74, 6) is -1.14. The third-order valence-electron chi connectivity index (χ3n) is 6.09. The van der Waals surface area contributed by atoms with Gasteiger partial charge in [-0.2, -0.15) is 0 Å². The van der Waals surface area contributed by atoms with Crippen molar-refractivity contribution in [1.82, 2.24) is 9.88 Å². The Morgan fingerprint density at radius 3 is 2.85 bits per heavy atom. The number of amides is 2. The van der Waals surface area contributed by atoms with Gasteiger partial charge < -0.3 is 9.72 Å². The molecule has 0 spiro atoms. The predicted octanol–water partition coefficient (Wildman–Crippen LogP) is 1.50. The van der Waals surface area contributed by atoms with E-state index >= 15 is 0 Å². The van der Waals surface area contributed by atoms with Gasteiger partial charge in [-0.15, -0.1) is 0 Å². The van der Waals surface area contributed by atoms with Crippen molar-refractivity contribution in [2.75, 3.05) is 13.2 Å². The number of ether oxygens (including phenoxy) is 1. The molecule has 5 atom stereocenters. The molecule has 9 heteroatoms. The van der Waals surface area contributed by atoms with Crippen LogP contribution in [-0.4, -0.2) is 46.1 Å². The molecule has 0 radical (unpaired) electrons. The lowest BCUT2D eigenvalue weighted by molar-refractivity contribution is -0.145. The minimum absolute atomic E-state index is 0.0412. The van der Waals surface area contributed by atoms with Crippen LogP contribution in [0.4, 0.5) is 0 Å². The van der Waals surface area contributed by atoms with Gasteiger partial charge in [0.05, 0.1) is 34.8 Å². The van der Waals surface area contributed by atoms with Gasteiger partial charge in [0.15, 0.2) is 0 Å². The van der Waals surface area contributed by atoms with Crippen molar-refractivity contribution in [3.8, 4) is 0 Å². The van der Waals surface area contributed by atoms with E-state index in [1.54, 1.807) is 18.7 Å². The topological polar surface area (TPSA) is 96.5 Å². The van der Waals surface area contributed by atoms with Gasteiger partial charge in [0.25, 0.3) is 0 Å². The lowest BCUT2D eigenvalue weighted by Gasteiger charge is -2.32. The average Bonchev–Trinajstić information content (AvgIpc) is 3.33. The van der Waals surface area contributed by atoms with Gasteiger partial charge in [-0.05, 0) is 31.3 Å². The highest BCUT2D eigenvalue weighted by molar-refractivity contribution is 8.00. The second-order valence-electron chi connectivity index (χ2n) is 7.33. The van der Waals surface area contributed by atoms with Crippen molar-refractivity contribution < 1.29 is 19.1 Å². The van der Waals surface area contributed by atoms with E-state index in [1.807, 2.05) is 0 Å². The van der Waals surface area contributed by atoms with Crippen LogP contribution in [0.3, 0.4) is 0 Å². The molecule has 5 rings (SSSR count). The second kappa shape index (κ2) is 6.07. The highest BCUT2D eigenvalue weighted by atomic mass is 32.2. The van der Waals surface area contributed by atoms with E-state index in [9.17, 15) is 19.2 Å². The minimum atomic E-state index is -0.390. The van der Waals surface area contributed by atoms with Crippen LogP contribution in [0.25, 0.3) is 6.08 Å². The van der Waals surface area contributed by atoms with Crippen molar-refractivity contribution in [3.05, 3.63) is 20.1 Å². The minimum Gasteiger partial charge on any atom is -0.466 e. The SMILES string of the molecule is CCOC(=O)CCN1C(=O)[C@H]2[C@H]3C[C@@H](C4=Cc5sc(=O)[nH]c5S[C@H]43)[C@H]2C1=O. The first-order valence-corrected chi connectivity index (χ1v) is 10.8. The van der Waals surface area contributed by atoms with E-state index in [0.29, 0.717) is 0 Å². The number of fused-ring (bicyclic) bond motifs is 9. The summed E-state index contributed by atoms with van der Waals surface area (Å²) in [4.78, 5) is 54.1. The fourth-order valence-electron chi connectivity index (χ4n) is 5.14. The quantitative estimate of drug-likeness (QED) is 0.601. The predicted molar refractivity (Wildman–Crippen MR) is 99.1 cm³/mol. The summed E-state index contributed by atoms with van der Waals surface area (Å²) in [6.07, 6.45) is 2.94. The van der Waals surface area contributed by atoms with E-state index in [4.69, 9.17) is 4.74 Å². The maximum absolute atomic E-state index is 13.0. The number of carbonyl (C=O) groups is 3. The van der Waals surface area contributed by atoms with E-state index < -0.39 is 5.97 Å². The van der Waals surface area contributed by atoms with Gasteiger partial charge in [-0.3, -0.25) is 24.1 Å². The number of nitrogens with one attached hydrogen (secondary N) is 1. The number of imide groups is 1.